The van der Waals surface area contributed by atoms with Gasteiger partial charge in [-0.25, -0.2) is 0 Å². The topological polar surface area (TPSA) is 43.4 Å². The van der Waals surface area contributed by atoms with Crippen LogP contribution in [0.4, 0.5) is 4.53 Å². The third-order valence-corrected chi connectivity index (χ3v) is 3.15. The standard InChI is InChI=1S/C8H17FO3S/c1-3-5-6-8(4-2)7-13(10,11)12-9/h8H,3-7H2,1-2H3. The minimum atomic E-state index is -3.93. The lowest BCUT2D eigenvalue weighted by atomic mass is 10.0. The second kappa shape index (κ2) is 6.32. The van der Waals surface area contributed by atoms with Crippen LogP contribution in [0.1, 0.15) is 39.5 Å². The van der Waals surface area contributed by atoms with E-state index in [0.717, 1.165) is 25.7 Å². The van der Waals surface area contributed by atoms with Crippen molar-refractivity contribution in [1.29, 1.82) is 0 Å². The molecule has 0 aromatic carbocycles. The number of halogens is 1. The molecular formula is C8H17FO3S. The lowest BCUT2D eigenvalue weighted by Gasteiger charge is -2.11. The number of hydrogen-bond donors (Lipinski definition) is 0. The van der Waals surface area contributed by atoms with Gasteiger partial charge in [0.15, 0.2) is 0 Å². The second-order valence-corrected chi connectivity index (χ2v) is 4.78. The maximum absolute atomic E-state index is 11.5. The van der Waals surface area contributed by atoms with Gasteiger partial charge in [-0.2, -0.15) is 8.42 Å². The van der Waals surface area contributed by atoms with E-state index in [4.69, 9.17) is 0 Å². The average Bonchev–Trinajstić information content (AvgIpc) is 2.12. The van der Waals surface area contributed by atoms with Crippen LogP contribution in [0.5, 0.6) is 0 Å². The second-order valence-electron chi connectivity index (χ2n) is 3.20. The molecule has 0 spiro atoms. The van der Waals surface area contributed by atoms with Crippen molar-refractivity contribution in [3.8, 4) is 0 Å². The van der Waals surface area contributed by atoms with Crippen molar-refractivity contribution in [1.82, 2.24) is 0 Å². The van der Waals surface area contributed by atoms with Crippen molar-refractivity contribution in [2.24, 2.45) is 5.92 Å². The molecule has 0 radical (unpaired) electrons. The third kappa shape index (κ3) is 5.99. The fourth-order valence-electron chi connectivity index (χ4n) is 1.21. The zero-order valence-corrected chi connectivity index (χ0v) is 8.94. The van der Waals surface area contributed by atoms with Gasteiger partial charge in [0, 0.05) is 0 Å². The minimum Gasteiger partial charge on any atom is -0.197 e. The number of unbranched alkanes of at least 4 members (excludes halogenated alkanes) is 1. The molecular weight excluding hydrogens is 195 g/mol. The van der Waals surface area contributed by atoms with Crippen LogP contribution in [-0.4, -0.2) is 14.2 Å². The first-order chi connectivity index (χ1) is 6.05. The molecule has 0 N–H and O–H groups in total. The molecule has 0 saturated carbocycles. The van der Waals surface area contributed by atoms with Crippen molar-refractivity contribution < 1.29 is 17.3 Å². The molecule has 1 atom stereocenters. The molecule has 0 aliphatic carbocycles. The Labute approximate surface area is 79.3 Å². The highest BCUT2D eigenvalue weighted by atomic mass is 32.2. The van der Waals surface area contributed by atoms with Crippen molar-refractivity contribution in [3.63, 3.8) is 0 Å². The smallest absolute Gasteiger partial charge is 0.197 e. The summed E-state index contributed by atoms with van der Waals surface area (Å²) in [7, 11) is -3.93. The molecule has 0 rings (SSSR count). The lowest BCUT2D eigenvalue weighted by molar-refractivity contribution is 0.00222. The van der Waals surface area contributed by atoms with E-state index in [9.17, 15) is 12.9 Å². The summed E-state index contributed by atoms with van der Waals surface area (Å²) in [5.74, 6) is -0.194. The largest absolute Gasteiger partial charge is 0.298 e. The summed E-state index contributed by atoms with van der Waals surface area (Å²) >= 11 is 0. The molecule has 0 bridgehead atoms. The predicted octanol–water partition coefficient (Wildman–Crippen LogP) is 2.43. The van der Waals surface area contributed by atoms with E-state index in [2.05, 4.69) is 4.39 Å². The van der Waals surface area contributed by atoms with Gasteiger partial charge in [-0.05, 0) is 16.9 Å². The van der Waals surface area contributed by atoms with Gasteiger partial charge in [0.1, 0.15) is 0 Å². The van der Waals surface area contributed by atoms with Gasteiger partial charge in [-0.15, -0.1) is 0 Å². The van der Waals surface area contributed by atoms with Gasteiger partial charge in [0.25, 0.3) is 10.1 Å². The van der Waals surface area contributed by atoms with E-state index >= 15 is 0 Å². The molecule has 1 unspecified atom stereocenters. The van der Waals surface area contributed by atoms with Crippen LogP contribution < -0.4 is 0 Å². The lowest BCUT2D eigenvalue weighted by Crippen LogP contribution is -2.15. The zero-order chi connectivity index (χ0) is 10.3. The molecule has 0 aliphatic rings. The van der Waals surface area contributed by atoms with Crippen molar-refractivity contribution in [2.75, 3.05) is 5.75 Å². The summed E-state index contributed by atoms with van der Waals surface area (Å²) < 4.78 is 35.9. The van der Waals surface area contributed by atoms with Crippen LogP contribution in [0.2, 0.25) is 0 Å². The Morgan fingerprint density at radius 1 is 1.38 bits per heavy atom. The first-order valence-electron chi connectivity index (χ1n) is 4.58. The van der Waals surface area contributed by atoms with E-state index in [0.29, 0.717) is 0 Å². The van der Waals surface area contributed by atoms with Crippen LogP contribution in [-0.2, 0) is 14.5 Å². The number of rotatable bonds is 7. The monoisotopic (exact) mass is 212 g/mol. The molecule has 5 heteroatoms. The van der Waals surface area contributed by atoms with Crippen molar-refractivity contribution in [3.05, 3.63) is 0 Å². The van der Waals surface area contributed by atoms with Crippen molar-refractivity contribution >= 4 is 10.1 Å². The highest BCUT2D eigenvalue weighted by Crippen LogP contribution is 2.15. The quantitative estimate of drug-likeness (QED) is 0.651. The van der Waals surface area contributed by atoms with Gasteiger partial charge in [0.05, 0.1) is 5.75 Å². The Morgan fingerprint density at radius 3 is 2.38 bits per heavy atom. The molecule has 0 aromatic heterocycles. The highest BCUT2D eigenvalue weighted by molar-refractivity contribution is 7.86. The molecule has 0 heterocycles. The normalized spacial score (nSPS) is 14.4. The summed E-state index contributed by atoms with van der Waals surface area (Å²) in [4.78, 5) is 0. The van der Waals surface area contributed by atoms with Gasteiger partial charge in [0.2, 0.25) is 0 Å². The van der Waals surface area contributed by atoms with Crippen molar-refractivity contribution in [2.45, 2.75) is 39.5 Å². The summed E-state index contributed by atoms with van der Waals surface area (Å²) in [6.45, 7) is 3.93. The summed E-state index contributed by atoms with van der Waals surface area (Å²) in [5, 5.41) is 0. The summed E-state index contributed by atoms with van der Waals surface area (Å²) in [6, 6.07) is 0. The molecule has 80 valence electrons. The van der Waals surface area contributed by atoms with E-state index in [1.165, 1.54) is 0 Å². The van der Waals surface area contributed by atoms with E-state index in [-0.39, 0.29) is 11.7 Å². The molecule has 3 nitrogen and oxygen atoms in total. The van der Waals surface area contributed by atoms with Crippen LogP contribution in [0.3, 0.4) is 0 Å². The van der Waals surface area contributed by atoms with E-state index < -0.39 is 10.1 Å². The molecule has 0 saturated heterocycles. The maximum atomic E-state index is 11.5. The van der Waals surface area contributed by atoms with Crippen LogP contribution in [0.25, 0.3) is 0 Å². The van der Waals surface area contributed by atoms with Crippen LogP contribution in [0.15, 0.2) is 0 Å². The highest BCUT2D eigenvalue weighted by Gasteiger charge is 2.18. The van der Waals surface area contributed by atoms with Gasteiger partial charge < -0.3 is 0 Å². The Balaban J connectivity index is 3.97. The van der Waals surface area contributed by atoms with Gasteiger partial charge in [-0.3, -0.25) is 0 Å². The first kappa shape index (κ1) is 12.8. The predicted molar refractivity (Wildman–Crippen MR) is 49.3 cm³/mol. The Kier molecular flexibility index (Phi) is 6.24. The van der Waals surface area contributed by atoms with Crippen LogP contribution in [0, 0.1) is 5.92 Å². The summed E-state index contributed by atoms with van der Waals surface area (Å²) in [5.41, 5.74) is 0. The average molecular weight is 212 g/mol. The first-order valence-corrected chi connectivity index (χ1v) is 6.16. The fourth-order valence-corrected chi connectivity index (χ4v) is 2.24. The maximum Gasteiger partial charge on any atom is 0.298 e. The molecule has 0 aromatic rings. The SMILES string of the molecule is CCCCC(CC)CS(=O)(=O)OF. The summed E-state index contributed by atoms with van der Waals surface area (Å²) in [6.07, 6.45) is 3.55. The molecule has 13 heavy (non-hydrogen) atoms. The molecule has 0 fully saturated rings. The zero-order valence-electron chi connectivity index (χ0n) is 8.12. The van der Waals surface area contributed by atoms with Gasteiger partial charge >= 0.3 is 0 Å². The Morgan fingerprint density at radius 2 is 2.00 bits per heavy atom. The number of hydrogen-bond acceptors (Lipinski definition) is 3. The van der Waals surface area contributed by atoms with E-state index in [1.807, 2.05) is 13.8 Å². The van der Waals surface area contributed by atoms with Gasteiger partial charge in [-0.1, -0.05) is 37.5 Å². The fraction of sp³-hybridized carbons (Fsp3) is 1.00. The van der Waals surface area contributed by atoms with Crippen LogP contribution >= 0.6 is 0 Å². The Hall–Kier alpha value is -0.160. The molecule has 0 aliphatic heterocycles. The Bertz CT molecular complexity index is 213. The minimum absolute atomic E-state index is 0.0145. The van der Waals surface area contributed by atoms with E-state index in [1.54, 1.807) is 0 Å². The molecule has 0 amide bonds. The third-order valence-electron chi connectivity index (χ3n) is 2.08.